The Bertz CT molecular complexity index is 3980. The third-order valence-electron chi connectivity index (χ3n) is 15.0. The highest BCUT2D eigenvalue weighted by molar-refractivity contribution is 7.26. The maximum Gasteiger partial charge on any atom is 0.164 e. The van der Waals surface area contributed by atoms with E-state index in [0.717, 1.165) is 22.1 Å². The molecule has 0 fully saturated rings. The highest BCUT2D eigenvalue weighted by Crippen LogP contribution is 2.69. The van der Waals surface area contributed by atoms with Crippen LogP contribution in [0.2, 0.25) is 0 Å². The lowest BCUT2D eigenvalue weighted by molar-refractivity contribution is 0.633. The first kappa shape index (κ1) is 37.0. The van der Waals surface area contributed by atoms with E-state index in [-0.39, 0.29) is 0 Å². The molecule has 3 aliphatic rings. The number of hydrogen-bond acceptors (Lipinski definition) is 4. The number of aromatic nitrogens is 3. The molecule has 2 aromatic heterocycles. The van der Waals surface area contributed by atoms with Crippen molar-refractivity contribution in [3.63, 3.8) is 0 Å². The van der Waals surface area contributed by atoms with Crippen LogP contribution in [0.15, 0.2) is 224 Å². The summed E-state index contributed by atoms with van der Waals surface area (Å²) in [6.45, 7) is 0. The van der Waals surface area contributed by atoms with Gasteiger partial charge in [0.05, 0.1) is 10.8 Å². The van der Waals surface area contributed by atoms with Crippen molar-refractivity contribution in [2.45, 2.75) is 10.8 Å². The zero-order valence-electron chi connectivity index (χ0n) is 36.1. The Morgan fingerprint density at radius 3 is 1.57 bits per heavy atom. The molecule has 2 heterocycles. The van der Waals surface area contributed by atoms with E-state index in [2.05, 4.69) is 218 Å². The first-order chi connectivity index (χ1) is 33.2. The van der Waals surface area contributed by atoms with Crippen molar-refractivity contribution in [1.29, 1.82) is 0 Å². The monoisotopic (exact) mass is 867 g/mol. The van der Waals surface area contributed by atoms with Gasteiger partial charge in [-0.2, -0.15) is 0 Å². The quantitative estimate of drug-likeness (QED) is 0.178. The van der Waals surface area contributed by atoms with Gasteiger partial charge in [0, 0.05) is 42.4 Å². The fourth-order valence-electron chi connectivity index (χ4n) is 12.5. The predicted molar refractivity (Wildman–Crippen MR) is 275 cm³/mol. The van der Waals surface area contributed by atoms with Crippen molar-refractivity contribution in [2.24, 2.45) is 0 Å². The molecule has 67 heavy (non-hydrogen) atoms. The first-order valence-electron chi connectivity index (χ1n) is 23.0. The molecule has 2 spiro atoms. The molecule has 0 N–H and O–H groups in total. The molecule has 0 radical (unpaired) electrons. The van der Waals surface area contributed by atoms with E-state index >= 15 is 0 Å². The van der Waals surface area contributed by atoms with E-state index in [4.69, 9.17) is 15.0 Å². The van der Waals surface area contributed by atoms with E-state index in [9.17, 15) is 0 Å². The maximum absolute atomic E-state index is 5.54. The van der Waals surface area contributed by atoms with Gasteiger partial charge in [-0.05, 0) is 84.1 Å². The van der Waals surface area contributed by atoms with Gasteiger partial charge < -0.3 is 0 Å². The van der Waals surface area contributed by atoms with E-state index in [1.54, 1.807) is 0 Å². The molecule has 12 aromatic rings. The van der Waals surface area contributed by atoms with Gasteiger partial charge in [-0.15, -0.1) is 11.3 Å². The molecular formula is C63H37N3S. The molecule has 4 heteroatoms. The van der Waals surface area contributed by atoms with Crippen LogP contribution in [0.3, 0.4) is 0 Å². The lowest BCUT2D eigenvalue weighted by atomic mass is 9.52. The minimum atomic E-state index is -0.751. The Labute approximate surface area is 391 Å². The summed E-state index contributed by atoms with van der Waals surface area (Å²) in [5.74, 6) is 1.94. The summed E-state index contributed by atoms with van der Waals surface area (Å²) in [6, 6.07) is 82.7. The third kappa shape index (κ3) is 4.77. The summed E-state index contributed by atoms with van der Waals surface area (Å²) in [7, 11) is 0. The summed E-state index contributed by atoms with van der Waals surface area (Å²) >= 11 is 1.90. The smallest absolute Gasteiger partial charge is 0.164 e. The minimum absolute atomic E-state index is 0.553. The highest BCUT2D eigenvalue weighted by Gasteiger charge is 2.60. The molecule has 10 aromatic carbocycles. The van der Waals surface area contributed by atoms with Crippen LogP contribution in [-0.4, -0.2) is 15.0 Å². The summed E-state index contributed by atoms with van der Waals surface area (Å²) in [4.78, 5) is 16.3. The number of benzene rings is 10. The number of nitrogens with zero attached hydrogens (tertiary/aromatic N) is 3. The topological polar surface area (TPSA) is 38.7 Å². The van der Waals surface area contributed by atoms with E-state index in [0.29, 0.717) is 17.5 Å². The van der Waals surface area contributed by atoms with Gasteiger partial charge in [0.2, 0.25) is 0 Å². The Hall–Kier alpha value is -8.31. The number of hydrogen-bond donors (Lipinski definition) is 0. The van der Waals surface area contributed by atoms with Gasteiger partial charge in [-0.1, -0.05) is 212 Å². The molecule has 3 nitrogen and oxygen atoms in total. The van der Waals surface area contributed by atoms with Crippen LogP contribution in [0, 0.1) is 0 Å². The largest absolute Gasteiger partial charge is 0.208 e. The van der Waals surface area contributed by atoms with Crippen molar-refractivity contribution in [2.75, 3.05) is 0 Å². The second-order valence-electron chi connectivity index (χ2n) is 18.1. The van der Waals surface area contributed by atoms with Crippen LogP contribution in [0.25, 0.3) is 87.4 Å². The van der Waals surface area contributed by atoms with Gasteiger partial charge in [-0.3, -0.25) is 0 Å². The van der Waals surface area contributed by atoms with Crippen LogP contribution in [-0.2, 0) is 10.8 Å². The standard InChI is InChI=1S/C63H37N3S/c1-2-18-39(19-3-1)59-64-60(41-34-33-38-17-4-5-20-40(38)37-41)66-61(65-59)47-25-16-24-46-56-54(36-35-45-44-23-8-15-32-55(44)67-58(45)56)63(57(46)47)52-30-13-11-28-50(52)62(51-29-12-14-31-53(51)63)48-26-9-6-21-42(48)43-22-7-10-27-49(43)62/h1-37H. The molecule has 0 atom stereocenters. The SMILES string of the molecule is c1ccc(-c2nc(-c3ccc4ccccc4c3)nc(-c3cccc4c3C3(c5ccccc5C5(c6ccccc6-c6ccccc65)c5ccccc53)c3ccc5c(sc6ccccc65)c3-4)n2)cc1. The van der Waals surface area contributed by atoms with Crippen molar-refractivity contribution < 1.29 is 0 Å². The van der Waals surface area contributed by atoms with Crippen LogP contribution in [0.1, 0.15) is 44.5 Å². The predicted octanol–water partition coefficient (Wildman–Crippen LogP) is 15.4. The molecule has 0 unspecified atom stereocenters. The second-order valence-corrected chi connectivity index (χ2v) is 19.2. The normalized spacial score (nSPS) is 14.2. The molecule has 0 aliphatic heterocycles. The molecule has 310 valence electrons. The van der Waals surface area contributed by atoms with E-state index in [1.165, 1.54) is 92.3 Å². The average molecular weight is 868 g/mol. The average Bonchev–Trinajstić information content (AvgIpc) is 4.03. The second kappa shape index (κ2) is 13.6. The number of fused-ring (bicyclic) bond motifs is 21. The Balaban J connectivity index is 1.10. The first-order valence-corrected chi connectivity index (χ1v) is 23.8. The number of rotatable bonds is 3. The molecule has 0 amide bonds. The molecule has 0 saturated heterocycles. The van der Waals surface area contributed by atoms with E-state index in [1.807, 2.05) is 17.4 Å². The van der Waals surface area contributed by atoms with Gasteiger partial charge in [0.25, 0.3) is 0 Å². The Morgan fingerprint density at radius 2 is 0.851 bits per heavy atom. The van der Waals surface area contributed by atoms with Crippen LogP contribution in [0.4, 0.5) is 0 Å². The molecule has 3 aliphatic carbocycles. The van der Waals surface area contributed by atoms with Gasteiger partial charge in [0.15, 0.2) is 17.5 Å². The number of thiophene rings is 1. The summed E-state index contributed by atoms with van der Waals surface area (Å²) < 4.78 is 2.59. The zero-order valence-corrected chi connectivity index (χ0v) is 36.9. The van der Waals surface area contributed by atoms with E-state index < -0.39 is 10.8 Å². The van der Waals surface area contributed by atoms with Crippen molar-refractivity contribution >= 4 is 42.3 Å². The molecular weight excluding hydrogens is 831 g/mol. The Kier molecular flexibility index (Phi) is 7.51. The van der Waals surface area contributed by atoms with Crippen molar-refractivity contribution in [3.8, 4) is 56.4 Å². The highest BCUT2D eigenvalue weighted by atomic mass is 32.1. The summed E-state index contributed by atoms with van der Waals surface area (Å²) in [6.07, 6.45) is 0. The summed E-state index contributed by atoms with van der Waals surface area (Å²) in [5.41, 5.74) is 17.0. The lowest BCUT2D eigenvalue weighted by Crippen LogP contribution is -2.44. The van der Waals surface area contributed by atoms with Crippen LogP contribution < -0.4 is 0 Å². The van der Waals surface area contributed by atoms with Crippen LogP contribution in [0.5, 0.6) is 0 Å². The van der Waals surface area contributed by atoms with Gasteiger partial charge in [-0.25, -0.2) is 15.0 Å². The fraction of sp³-hybridized carbons (Fsp3) is 0.0317. The van der Waals surface area contributed by atoms with Gasteiger partial charge in [0.1, 0.15) is 0 Å². The van der Waals surface area contributed by atoms with Crippen LogP contribution >= 0.6 is 11.3 Å². The Morgan fingerprint density at radius 1 is 0.313 bits per heavy atom. The molecule has 0 saturated carbocycles. The maximum atomic E-state index is 5.54. The van der Waals surface area contributed by atoms with Gasteiger partial charge >= 0.3 is 0 Å². The molecule has 15 rings (SSSR count). The van der Waals surface area contributed by atoms with Crippen molar-refractivity contribution in [3.05, 3.63) is 269 Å². The lowest BCUT2D eigenvalue weighted by Gasteiger charge is -2.49. The third-order valence-corrected chi connectivity index (χ3v) is 16.2. The minimum Gasteiger partial charge on any atom is -0.208 e. The molecule has 0 bridgehead atoms. The summed E-state index contributed by atoms with van der Waals surface area (Å²) in [5, 5.41) is 4.89. The van der Waals surface area contributed by atoms with Crippen molar-refractivity contribution in [1.82, 2.24) is 15.0 Å². The fourth-order valence-corrected chi connectivity index (χ4v) is 13.7. The zero-order chi connectivity index (χ0) is 43.8.